The number of terminal acetylenes is 1. The molecule has 0 saturated carbocycles. The molecule has 3 heteroatoms. The van der Waals surface area contributed by atoms with Gasteiger partial charge in [0.2, 0.25) is 0 Å². The number of carbonyl (C=O) groups is 1. The monoisotopic (exact) mass is 189 g/mol. The summed E-state index contributed by atoms with van der Waals surface area (Å²) in [4.78, 5) is 11.1. The number of amides is 1. The molecule has 1 amide bonds. The van der Waals surface area contributed by atoms with Gasteiger partial charge in [-0.25, -0.2) is 4.79 Å². The predicted molar refractivity (Wildman–Crippen MR) is 53.9 cm³/mol. The fourth-order valence-corrected chi connectivity index (χ4v) is 0.868. The van der Waals surface area contributed by atoms with E-state index in [2.05, 4.69) is 11.2 Å². The summed E-state index contributed by atoms with van der Waals surface area (Å²) in [6.07, 6.45) is 5.05. The molecule has 0 saturated heterocycles. The fraction of sp³-hybridized carbons (Fsp3) is 0.182. The lowest BCUT2D eigenvalue weighted by Gasteiger charge is -2.04. The van der Waals surface area contributed by atoms with Crippen LogP contribution in [-0.4, -0.2) is 12.6 Å². The van der Waals surface area contributed by atoms with Crippen LogP contribution in [-0.2, 0) is 0 Å². The molecule has 0 aliphatic rings. The molecule has 14 heavy (non-hydrogen) atoms. The number of benzene rings is 1. The van der Waals surface area contributed by atoms with Gasteiger partial charge in [-0.1, -0.05) is 18.2 Å². The quantitative estimate of drug-likeness (QED) is 0.581. The predicted octanol–water partition coefficient (Wildman–Crippen LogP) is 1.80. The first-order chi connectivity index (χ1) is 6.83. The van der Waals surface area contributed by atoms with E-state index in [1.807, 2.05) is 6.07 Å². The number of hydrogen-bond acceptors (Lipinski definition) is 2. The number of rotatable bonds is 3. The highest BCUT2D eigenvalue weighted by Gasteiger charge is 2.00. The van der Waals surface area contributed by atoms with Crippen LogP contribution in [0.25, 0.3) is 0 Å². The Morgan fingerprint density at radius 2 is 2.14 bits per heavy atom. The lowest BCUT2D eigenvalue weighted by atomic mass is 10.3. The summed E-state index contributed by atoms with van der Waals surface area (Å²) in [6, 6.07) is 8.86. The third kappa shape index (κ3) is 3.63. The number of hydrogen-bond donors (Lipinski definition) is 1. The molecule has 0 bridgehead atoms. The highest BCUT2D eigenvalue weighted by molar-refractivity contribution is 5.70. The van der Waals surface area contributed by atoms with Gasteiger partial charge in [-0.2, -0.15) is 0 Å². The van der Waals surface area contributed by atoms with Crippen molar-refractivity contribution in [2.75, 3.05) is 6.54 Å². The van der Waals surface area contributed by atoms with Crippen molar-refractivity contribution in [3.63, 3.8) is 0 Å². The lowest BCUT2D eigenvalue weighted by Crippen LogP contribution is -2.27. The van der Waals surface area contributed by atoms with E-state index < -0.39 is 6.09 Å². The van der Waals surface area contributed by atoms with Crippen LogP contribution in [0.5, 0.6) is 5.75 Å². The van der Waals surface area contributed by atoms with Gasteiger partial charge in [0.15, 0.2) is 0 Å². The van der Waals surface area contributed by atoms with Gasteiger partial charge in [0, 0.05) is 13.0 Å². The molecule has 0 fully saturated rings. The van der Waals surface area contributed by atoms with Gasteiger partial charge < -0.3 is 10.1 Å². The van der Waals surface area contributed by atoms with Crippen molar-refractivity contribution in [1.29, 1.82) is 0 Å². The highest BCUT2D eigenvalue weighted by atomic mass is 16.5. The van der Waals surface area contributed by atoms with Crippen molar-refractivity contribution >= 4 is 6.09 Å². The Morgan fingerprint density at radius 1 is 1.43 bits per heavy atom. The summed E-state index contributed by atoms with van der Waals surface area (Å²) in [7, 11) is 0. The molecule has 1 aromatic carbocycles. The van der Waals surface area contributed by atoms with Crippen molar-refractivity contribution in [1.82, 2.24) is 5.32 Å². The number of ether oxygens (including phenoxy) is 1. The molecule has 0 unspecified atom stereocenters. The summed E-state index contributed by atoms with van der Waals surface area (Å²) in [5.41, 5.74) is 0. The van der Waals surface area contributed by atoms with Crippen LogP contribution in [0.2, 0.25) is 0 Å². The molecule has 1 N–H and O–H groups in total. The zero-order chi connectivity index (χ0) is 10.2. The van der Waals surface area contributed by atoms with E-state index in [1.165, 1.54) is 0 Å². The maximum Gasteiger partial charge on any atom is 0.412 e. The van der Waals surface area contributed by atoms with Crippen LogP contribution in [0, 0.1) is 12.3 Å². The zero-order valence-electron chi connectivity index (χ0n) is 7.69. The van der Waals surface area contributed by atoms with E-state index in [9.17, 15) is 4.79 Å². The SMILES string of the molecule is C#CCCNC(=O)Oc1ccccc1. The van der Waals surface area contributed by atoms with Crippen molar-refractivity contribution in [3.8, 4) is 18.1 Å². The molecule has 3 nitrogen and oxygen atoms in total. The second kappa shape index (κ2) is 5.65. The Bertz CT molecular complexity index is 327. The summed E-state index contributed by atoms with van der Waals surface area (Å²) >= 11 is 0. The summed E-state index contributed by atoms with van der Waals surface area (Å²) < 4.78 is 4.94. The summed E-state index contributed by atoms with van der Waals surface area (Å²) in [5, 5.41) is 2.53. The molecule has 0 aliphatic carbocycles. The van der Waals surface area contributed by atoms with Crippen LogP contribution in [0.1, 0.15) is 6.42 Å². The molecule has 1 rings (SSSR count). The third-order valence-electron chi connectivity index (χ3n) is 1.49. The Balaban J connectivity index is 2.32. The highest BCUT2D eigenvalue weighted by Crippen LogP contribution is 2.07. The molecule has 0 atom stereocenters. The minimum absolute atomic E-state index is 0.433. The fourth-order valence-electron chi connectivity index (χ4n) is 0.868. The second-order valence-electron chi connectivity index (χ2n) is 2.58. The van der Waals surface area contributed by atoms with Gasteiger partial charge >= 0.3 is 6.09 Å². The minimum atomic E-state index is -0.480. The summed E-state index contributed by atoms with van der Waals surface area (Å²) in [5.74, 6) is 2.94. The molecular formula is C11H11NO2. The third-order valence-corrected chi connectivity index (χ3v) is 1.49. The van der Waals surface area contributed by atoms with E-state index in [1.54, 1.807) is 24.3 Å². The van der Waals surface area contributed by atoms with Gasteiger partial charge in [0.05, 0.1) is 0 Å². The van der Waals surface area contributed by atoms with Gasteiger partial charge in [-0.15, -0.1) is 12.3 Å². The normalized spacial score (nSPS) is 8.79. The van der Waals surface area contributed by atoms with Crippen LogP contribution >= 0.6 is 0 Å². The van der Waals surface area contributed by atoms with Crippen LogP contribution < -0.4 is 10.1 Å². The maximum absolute atomic E-state index is 11.1. The molecule has 0 radical (unpaired) electrons. The Hall–Kier alpha value is -1.95. The maximum atomic E-state index is 11.1. The van der Waals surface area contributed by atoms with E-state index in [4.69, 9.17) is 11.2 Å². The van der Waals surface area contributed by atoms with Crippen molar-refractivity contribution in [3.05, 3.63) is 30.3 Å². The standard InChI is InChI=1S/C11H11NO2/c1-2-3-9-12-11(13)14-10-7-5-4-6-8-10/h1,4-8H,3,9H2,(H,12,13). The topological polar surface area (TPSA) is 38.3 Å². The average molecular weight is 189 g/mol. The van der Waals surface area contributed by atoms with Crippen LogP contribution in [0.15, 0.2) is 30.3 Å². The summed E-state index contributed by atoms with van der Waals surface area (Å²) in [6.45, 7) is 0.433. The molecule has 1 aromatic rings. The number of para-hydroxylation sites is 1. The number of carbonyl (C=O) groups excluding carboxylic acids is 1. The van der Waals surface area contributed by atoms with Gasteiger partial charge in [-0.05, 0) is 12.1 Å². The van der Waals surface area contributed by atoms with E-state index in [-0.39, 0.29) is 0 Å². The minimum Gasteiger partial charge on any atom is -0.410 e. The van der Waals surface area contributed by atoms with Gasteiger partial charge in [-0.3, -0.25) is 0 Å². The Kier molecular flexibility index (Phi) is 4.09. The first-order valence-corrected chi connectivity index (χ1v) is 4.27. The molecule has 0 heterocycles. The Labute approximate surface area is 83.1 Å². The van der Waals surface area contributed by atoms with Crippen molar-refractivity contribution in [2.24, 2.45) is 0 Å². The van der Waals surface area contributed by atoms with Crippen LogP contribution in [0.4, 0.5) is 4.79 Å². The molecule has 0 aliphatic heterocycles. The van der Waals surface area contributed by atoms with Crippen LogP contribution in [0.3, 0.4) is 0 Å². The largest absolute Gasteiger partial charge is 0.412 e. The zero-order valence-corrected chi connectivity index (χ0v) is 7.69. The van der Waals surface area contributed by atoms with E-state index in [0.717, 1.165) is 0 Å². The Morgan fingerprint density at radius 3 is 2.79 bits per heavy atom. The first kappa shape index (κ1) is 10.1. The number of nitrogens with one attached hydrogen (secondary N) is 1. The molecule has 0 aromatic heterocycles. The molecular weight excluding hydrogens is 178 g/mol. The smallest absolute Gasteiger partial charge is 0.410 e. The lowest BCUT2D eigenvalue weighted by molar-refractivity contribution is 0.201. The van der Waals surface area contributed by atoms with Crippen molar-refractivity contribution in [2.45, 2.75) is 6.42 Å². The first-order valence-electron chi connectivity index (χ1n) is 4.27. The van der Waals surface area contributed by atoms with E-state index in [0.29, 0.717) is 18.7 Å². The second-order valence-corrected chi connectivity index (χ2v) is 2.58. The van der Waals surface area contributed by atoms with E-state index >= 15 is 0 Å². The van der Waals surface area contributed by atoms with Gasteiger partial charge in [0.1, 0.15) is 5.75 Å². The molecule has 0 spiro atoms. The van der Waals surface area contributed by atoms with Gasteiger partial charge in [0.25, 0.3) is 0 Å². The van der Waals surface area contributed by atoms with Crippen molar-refractivity contribution < 1.29 is 9.53 Å². The molecule has 72 valence electrons. The average Bonchev–Trinajstić information content (AvgIpc) is 2.20.